The zero-order valence-electron chi connectivity index (χ0n) is 8.27. The maximum atomic E-state index is 5.92. The van der Waals surface area contributed by atoms with E-state index >= 15 is 0 Å². The van der Waals surface area contributed by atoms with Gasteiger partial charge in [-0.25, -0.2) is 4.98 Å². The van der Waals surface area contributed by atoms with E-state index in [1.807, 2.05) is 42.5 Å². The van der Waals surface area contributed by atoms with Crippen molar-refractivity contribution < 1.29 is 4.42 Å². The first kappa shape index (κ1) is 9.43. The lowest BCUT2D eigenvalue weighted by molar-refractivity contribution is 0.620. The molecule has 1 radical (unpaired) electrons. The Hall–Kier alpha value is -1.80. The molecule has 3 heteroatoms. The van der Waals surface area contributed by atoms with E-state index in [9.17, 15) is 0 Å². The topological polar surface area (TPSA) is 26.0 Å². The fourth-order valence-electron chi connectivity index (χ4n) is 1.56. The number of para-hydroxylation sites is 1. The van der Waals surface area contributed by atoms with Crippen molar-refractivity contribution in [1.82, 2.24) is 4.98 Å². The SMILES string of the molecule is Clc1cccc(-c2nc3[c]cccc3o2)c1. The van der Waals surface area contributed by atoms with E-state index in [4.69, 9.17) is 16.0 Å². The lowest BCUT2D eigenvalue weighted by atomic mass is 10.2. The highest BCUT2D eigenvalue weighted by Crippen LogP contribution is 2.25. The van der Waals surface area contributed by atoms with Crippen molar-refractivity contribution in [1.29, 1.82) is 0 Å². The normalized spacial score (nSPS) is 10.8. The molecule has 0 spiro atoms. The van der Waals surface area contributed by atoms with Crippen molar-refractivity contribution in [3.05, 3.63) is 53.6 Å². The molecule has 0 amide bonds. The first-order valence-electron chi connectivity index (χ1n) is 4.86. The molecule has 2 nitrogen and oxygen atoms in total. The lowest BCUT2D eigenvalue weighted by Gasteiger charge is -1.94. The molecule has 0 aliphatic heterocycles. The van der Waals surface area contributed by atoms with Crippen LogP contribution < -0.4 is 0 Å². The first-order valence-corrected chi connectivity index (χ1v) is 5.24. The summed E-state index contributed by atoms with van der Waals surface area (Å²) in [5.41, 5.74) is 2.34. The first-order chi connectivity index (χ1) is 7.83. The minimum absolute atomic E-state index is 0.569. The smallest absolute Gasteiger partial charge is 0.227 e. The highest BCUT2D eigenvalue weighted by atomic mass is 35.5. The average Bonchev–Trinajstić information content (AvgIpc) is 2.72. The number of aromatic nitrogens is 1. The van der Waals surface area contributed by atoms with E-state index in [2.05, 4.69) is 11.1 Å². The standard InChI is InChI=1S/C13H7ClNO/c14-10-5-3-4-9(8-10)13-15-11-6-1-2-7-12(11)16-13/h1-5,7-8H. The molecule has 2 aromatic carbocycles. The van der Waals surface area contributed by atoms with Crippen molar-refractivity contribution in [3.63, 3.8) is 0 Å². The van der Waals surface area contributed by atoms with Gasteiger partial charge in [-0.15, -0.1) is 0 Å². The van der Waals surface area contributed by atoms with Gasteiger partial charge >= 0.3 is 0 Å². The van der Waals surface area contributed by atoms with Crippen LogP contribution in [-0.2, 0) is 0 Å². The summed E-state index contributed by atoms with van der Waals surface area (Å²) in [6.07, 6.45) is 0. The highest BCUT2D eigenvalue weighted by molar-refractivity contribution is 6.30. The molecule has 0 N–H and O–H groups in total. The number of hydrogen-bond donors (Lipinski definition) is 0. The second-order valence-electron chi connectivity index (χ2n) is 3.41. The number of rotatable bonds is 1. The molecule has 77 valence electrons. The summed E-state index contributed by atoms with van der Waals surface area (Å²) in [6.45, 7) is 0. The maximum absolute atomic E-state index is 5.92. The van der Waals surface area contributed by atoms with E-state index in [1.54, 1.807) is 0 Å². The zero-order valence-corrected chi connectivity index (χ0v) is 9.03. The fourth-order valence-corrected chi connectivity index (χ4v) is 1.75. The minimum atomic E-state index is 0.569. The van der Waals surface area contributed by atoms with E-state index in [1.165, 1.54) is 0 Å². The maximum Gasteiger partial charge on any atom is 0.227 e. The van der Waals surface area contributed by atoms with Crippen LogP contribution >= 0.6 is 11.6 Å². The van der Waals surface area contributed by atoms with Crippen LogP contribution in [0.4, 0.5) is 0 Å². The van der Waals surface area contributed by atoms with Gasteiger partial charge in [0.25, 0.3) is 0 Å². The number of fused-ring (bicyclic) bond motifs is 1. The summed E-state index contributed by atoms with van der Waals surface area (Å²) in [4.78, 5) is 4.34. The molecule has 0 unspecified atom stereocenters. The van der Waals surface area contributed by atoms with E-state index in [0.29, 0.717) is 10.9 Å². The molecule has 0 bridgehead atoms. The van der Waals surface area contributed by atoms with Crippen molar-refractivity contribution in [3.8, 4) is 11.5 Å². The molecule has 16 heavy (non-hydrogen) atoms. The van der Waals surface area contributed by atoms with E-state index < -0.39 is 0 Å². The Morgan fingerprint density at radius 2 is 2.12 bits per heavy atom. The summed E-state index contributed by atoms with van der Waals surface area (Å²) in [6, 6.07) is 16.0. The van der Waals surface area contributed by atoms with Gasteiger partial charge in [-0.2, -0.15) is 0 Å². The van der Waals surface area contributed by atoms with Crippen molar-refractivity contribution >= 4 is 22.7 Å². The number of nitrogens with zero attached hydrogens (tertiary/aromatic N) is 1. The molecule has 0 atom stereocenters. The van der Waals surface area contributed by atoms with Crippen molar-refractivity contribution in [2.24, 2.45) is 0 Å². The van der Waals surface area contributed by atoms with Gasteiger partial charge in [0.1, 0.15) is 5.52 Å². The monoisotopic (exact) mass is 228 g/mol. The Labute approximate surface area is 97.5 Å². The summed E-state index contributed by atoms with van der Waals surface area (Å²) < 4.78 is 5.61. The van der Waals surface area contributed by atoms with Gasteiger partial charge in [0.15, 0.2) is 5.58 Å². The molecule has 0 aliphatic carbocycles. The Morgan fingerprint density at radius 3 is 2.94 bits per heavy atom. The van der Waals surface area contributed by atoms with Crippen LogP contribution in [0, 0.1) is 6.07 Å². The second-order valence-corrected chi connectivity index (χ2v) is 3.85. The molecule has 3 rings (SSSR count). The third-order valence-electron chi connectivity index (χ3n) is 2.29. The van der Waals surface area contributed by atoms with Crippen LogP contribution in [0.3, 0.4) is 0 Å². The minimum Gasteiger partial charge on any atom is -0.436 e. The average molecular weight is 229 g/mol. The summed E-state index contributed by atoms with van der Waals surface area (Å²) in [5, 5.41) is 0.670. The predicted molar refractivity (Wildman–Crippen MR) is 63.3 cm³/mol. The van der Waals surface area contributed by atoms with Gasteiger partial charge in [0.2, 0.25) is 5.89 Å². The zero-order chi connectivity index (χ0) is 11.0. The molecule has 0 aliphatic rings. The van der Waals surface area contributed by atoms with Crippen LogP contribution in [-0.4, -0.2) is 4.98 Å². The van der Waals surface area contributed by atoms with Crippen LogP contribution in [0.1, 0.15) is 0 Å². The van der Waals surface area contributed by atoms with Crippen LogP contribution in [0.5, 0.6) is 0 Å². The predicted octanol–water partition coefficient (Wildman–Crippen LogP) is 3.95. The summed E-state index contributed by atoms with van der Waals surface area (Å²) in [7, 11) is 0. The van der Waals surface area contributed by atoms with Gasteiger partial charge in [0.05, 0.1) is 0 Å². The van der Waals surface area contributed by atoms with Gasteiger partial charge in [-0.1, -0.05) is 29.8 Å². The van der Waals surface area contributed by atoms with E-state index in [0.717, 1.165) is 16.7 Å². The quantitative estimate of drug-likeness (QED) is 0.630. The third kappa shape index (κ3) is 1.57. The number of hydrogen-bond acceptors (Lipinski definition) is 2. The van der Waals surface area contributed by atoms with Crippen molar-refractivity contribution in [2.75, 3.05) is 0 Å². The molecule has 0 saturated carbocycles. The molecule has 0 saturated heterocycles. The summed E-state index contributed by atoms with van der Waals surface area (Å²) in [5.74, 6) is 0.569. The van der Waals surface area contributed by atoms with E-state index in [-0.39, 0.29) is 0 Å². The molecule has 3 aromatic rings. The number of halogens is 1. The summed E-state index contributed by atoms with van der Waals surface area (Å²) >= 11 is 5.92. The van der Waals surface area contributed by atoms with Crippen LogP contribution in [0.25, 0.3) is 22.6 Å². The second kappa shape index (κ2) is 3.65. The molecular formula is C13H7ClNO. The molecule has 0 fully saturated rings. The number of oxazole rings is 1. The van der Waals surface area contributed by atoms with Gasteiger partial charge in [0, 0.05) is 16.7 Å². The Bertz CT molecular complexity index is 612. The lowest BCUT2D eigenvalue weighted by Crippen LogP contribution is -1.76. The number of benzene rings is 2. The van der Waals surface area contributed by atoms with Crippen LogP contribution in [0.2, 0.25) is 5.02 Å². The molecular weight excluding hydrogens is 222 g/mol. The Morgan fingerprint density at radius 1 is 1.19 bits per heavy atom. The van der Waals surface area contributed by atoms with Crippen molar-refractivity contribution in [2.45, 2.75) is 0 Å². The van der Waals surface area contributed by atoms with Gasteiger partial charge in [-0.05, 0) is 24.3 Å². The Balaban J connectivity index is 2.19. The highest BCUT2D eigenvalue weighted by Gasteiger charge is 2.07. The third-order valence-corrected chi connectivity index (χ3v) is 2.52. The fraction of sp³-hybridized carbons (Fsp3) is 0. The molecule has 1 heterocycles. The van der Waals surface area contributed by atoms with Gasteiger partial charge in [-0.3, -0.25) is 0 Å². The van der Waals surface area contributed by atoms with Crippen LogP contribution in [0.15, 0.2) is 46.9 Å². The van der Waals surface area contributed by atoms with Gasteiger partial charge < -0.3 is 4.42 Å². The largest absolute Gasteiger partial charge is 0.436 e. The molecule has 1 aromatic heterocycles. The Kier molecular flexibility index (Phi) is 2.15.